The summed E-state index contributed by atoms with van der Waals surface area (Å²) in [6.45, 7) is 9.15. The molecule has 3 aromatic rings. The van der Waals surface area contributed by atoms with Gasteiger partial charge < -0.3 is 35.5 Å². The van der Waals surface area contributed by atoms with Crippen molar-refractivity contribution in [3.8, 4) is 11.5 Å². The third kappa shape index (κ3) is 8.97. The van der Waals surface area contributed by atoms with E-state index < -0.39 is 53.7 Å². The van der Waals surface area contributed by atoms with E-state index in [1.807, 2.05) is 38.1 Å². The molecule has 0 saturated carbocycles. The molecule has 2 aromatic carbocycles. The first-order valence-corrected chi connectivity index (χ1v) is 16.9. The van der Waals surface area contributed by atoms with Crippen LogP contribution in [0.5, 0.6) is 11.5 Å². The number of esters is 1. The molecule has 258 valence electrons. The third-order valence-electron chi connectivity index (χ3n) is 8.78. The number of amides is 3. The highest BCUT2D eigenvalue weighted by atomic mass is 79.9. The van der Waals surface area contributed by atoms with Gasteiger partial charge >= 0.3 is 5.97 Å². The lowest BCUT2D eigenvalue weighted by atomic mass is 9.95. The highest BCUT2D eigenvalue weighted by Gasteiger charge is 2.34. The number of phenols is 2. The lowest BCUT2D eigenvalue weighted by Crippen LogP contribution is -2.55. The number of nitrogens with zero attached hydrogens (tertiary/aromatic N) is 1. The molecule has 0 fully saturated rings. The Morgan fingerprint density at radius 2 is 1.65 bits per heavy atom. The number of aromatic amines is 1. The summed E-state index contributed by atoms with van der Waals surface area (Å²) in [6.07, 6.45) is 2.46. The number of benzene rings is 2. The Bertz CT molecular complexity index is 1700. The first-order valence-electron chi connectivity index (χ1n) is 16.2. The van der Waals surface area contributed by atoms with Crippen molar-refractivity contribution in [3.63, 3.8) is 0 Å². The Morgan fingerprint density at radius 3 is 2.35 bits per heavy atom. The number of aromatic hydroxyl groups is 2. The fraction of sp³-hybridized carbons (Fsp3) is 0.444. The second kappa shape index (κ2) is 15.7. The molecular formula is C36H45BrN4O7. The van der Waals surface area contributed by atoms with Crippen molar-refractivity contribution in [1.29, 1.82) is 0 Å². The van der Waals surface area contributed by atoms with Gasteiger partial charge in [-0.25, -0.2) is 0 Å². The van der Waals surface area contributed by atoms with Crippen molar-refractivity contribution in [1.82, 2.24) is 20.5 Å². The first-order chi connectivity index (χ1) is 22.6. The Balaban J connectivity index is 1.76. The lowest BCUT2D eigenvalue weighted by molar-refractivity contribution is -0.149. The van der Waals surface area contributed by atoms with Gasteiger partial charge in [0.2, 0.25) is 17.7 Å². The minimum absolute atomic E-state index is 0.0495. The molecule has 11 nitrogen and oxygen atoms in total. The van der Waals surface area contributed by atoms with Crippen LogP contribution in [0.1, 0.15) is 71.0 Å². The number of ether oxygens (including phenoxy) is 1. The molecule has 1 aliphatic rings. The average molecular weight is 726 g/mol. The van der Waals surface area contributed by atoms with Crippen LogP contribution in [0.4, 0.5) is 0 Å². The number of phenolic OH excluding ortho intramolecular Hbond substituents is 2. The maximum Gasteiger partial charge on any atom is 0.308 e. The zero-order valence-corrected chi connectivity index (χ0v) is 29.8. The van der Waals surface area contributed by atoms with Crippen molar-refractivity contribution < 1.29 is 34.1 Å². The standard InChI is InChI=1S/C36H45BrN4O7/c1-19-13-20(2)15-22(4)48-32(44)18-28(24-11-12-30(42)31(43)16-24)40-35(46)29(17-26-25-9-7-8-10-27(25)39-33(26)37)41(6)36(47)23(5)38-34(45)21(3)14-19/h7-13,16,20-23,28-29,39,42-43H,14-15,17-18H2,1-6H3,(H,38,45)(H,40,46)/b19-13+/t20-,21-,22-,23-,28+,29+/m0/s1. The van der Waals surface area contributed by atoms with Crippen molar-refractivity contribution in [2.24, 2.45) is 11.8 Å². The minimum Gasteiger partial charge on any atom is -0.504 e. The van der Waals surface area contributed by atoms with E-state index >= 15 is 0 Å². The highest BCUT2D eigenvalue weighted by molar-refractivity contribution is 9.10. The molecule has 1 aliphatic heterocycles. The molecule has 3 amide bonds. The summed E-state index contributed by atoms with van der Waals surface area (Å²) in [5.41, 5.74) is 2.96. The molecule has 12 heteroatoms. The topological polar surface area (TPSA) is 161 Å². The van der Waals surface area contributed by atoms with E-state index in [0.717, 1.165) is 22.0 Å². The van der Waals surface area contributed by atoms with Gasteiger partial charge in [-0.2, -0.15) is 0 Å². The van der Waals surface area contributed by atoms with Crippen LogP contribution in [-0.2, 0) is 30.3 Å². The van der Waals surface area contributed by atoms with Gasteiger partial charge in [0.1, 0.15) is 12.1 Å². The number of H-pyrrole nitrogens is 1. The fourth-order valence-electron chi connectivity index (χ4n) is 6.33. The molecule has 4 rings (SSSR count). The van der Waals surface area contributed by atoms with Crippen LogP contribution in [0.25, 0.3) is 10.9 Å². The fourth-order valence-corrected chi connectivity index (χ4v) is 6.92. The lowest BCUT2D eigenvalue weighted by Gasteiger charge is -2.32. The largest absolute Gasteiger partial charge is 0.504 e. The van der Waals surface area contributed by atoms with E-state index in [2.05, 4.69) is 37.6 Å². The SMILES string of the molecule is C/C1=C\[C@H](C)C[C@H](C)OC(=O)C[C@H](c2ccc(O)c(O)c2)NC(=O)[C@@H](Cc2c(Br)[nH]c3ccccc23)N(C)C(=O)[C@H](C)NC(=O)[C@@H](C)C1. The van der Waals surface area contributed by atoms with Crippen LogP contribution in [-0.4, -0.2) is 69.0 Å². The van der Waals surface area contributed by atoms with Crippen molar-refractivity contribution in [2.75, 3.05) is 7.05 Å². The van der Waals surface area contributed by atoms with Crippen LogP contribution < -0.4 is 10.6 Å². The number of nitrogens with one attached hydrogen (secondary N) is 3. The van der Waals surface area contributed by atoms with E-state index in [1.54, 1.807) is 20.8 Å². The van der Waals surface area contributed by atoms with E-state index in [0.29, 0.717) is 23.0 Å². The number of rotatable bonds is 3. The molecule has 0 aliphatic carbocycles. The Labute approximate surface area is 289 Å². The third-order valence-corrected chi connectivity index (χ3v) is 9.45. The molecule has 0 bridgehead atoms. The van der Waals surface area contributed by atoms with E-state index in [1.165, 1.54) is 30.1 Å². The van der Waals surface area contributed by atoms with E-state index in [4.69, 9.17) is 4.74 Å². The van der Waals surface area contributed by atoms with Gasteiger partial charge in [-0.3, -0.25) is 19.2 Å². The summed E-state index contributed by atoms with van der Waals surface area (Å²) in [5.74, 6) is -3.02. The number of aromatic nitrogens is 1. The molecular weight excluding hydrogens is 680 g/mol. The molecule has 2 heterocycles. The summed E-state index contributed by atoms with van der Waals surface area (Å²) in [6, 6.07) is 8.65. The number of cyclic esters (lactones) is 1. The predicted molar refractivity (Wildman–Crippen MR) is 186 cm³/mol. The number of para-hydroxylation sites is 1. The van der Waals surface area contributed by atoms with Crippen molar-refractivity contribution in [3.05, 3.63) is 69.8 Å². The summed E-state index contributed by atoms with van der Waals surface area (Å²) >= 11 is 3.58. The zero-order valence-electron chi connectivity index (χ0n) is 28.2. The van der Waals surface area contributed by atoms with Gasteiger partial charge in [-0.05, 0) is 84.8 Å². The van der Waals surface area contributed by atoms with Crippen molar-refractivity contribution >= 4 is 50.5 Å². The number of hydrogen-bond donors (Lipinski definition) is 5. The summed E-state index contributed by atoms with van der Waals surface area (Å²) in [4.78, 5) is 59.2. The average Bonchev–Trinajstić information content (AvgIpc) is 3.33. The molecule has 0 unspecified atom stereocenters. The van der Waals surface area contributed by atoms with Gasteiger partial charge in [0.25, 0.3) is 0 Å². The van der Waals surface area contributed by atoms with Gasteiger partial charge in [-0.1, -0.05) is 49.8 Å². The number of likely N-dealkylation sites (N-methyl/N-ethyl adjacent to an activating group) is 1. The first kappa shape index (κ1) is 36.5. The second-order valence-corrected chi connectivity index (χ2v) is 13.8. The van der Waals surface area contributed by atoms with Crippen LogP contribution in [0, 0.1) is 11.8 Å². The molecule has 6 atom stereocenters. The number of hydrogen-bond acceptors (Lipinski definition) is 7. The summed E-state index contributed by atoms with van der Waals surface area (Å²) in [5, 5.41) is 26.8. The maximum atomic E-state index is 14.3. The number of halogens is 1. The van der Waals surface area contributed by atoms with Crippen LogP contribution >= 0.6 is 15.9 Å². The molecule has 0 spiro atoms. The molecule has 1 aromatic heterocycles. The van der Waals surface area contributed by atoms with E-state index in [9.17, 15) is 29.4 Å². The van der Waals surface area contributed by atoms with Crippen molar-refractivity contribution in [2.45, 2.75) is 84.5 Å². The number of allylic oxidation sites excluding steroid dienone is 2. The van der Waals surface area contributed by atoms with E-state index in [-0.39, 0.29) is 30.4 Å². The molecule has 5 N–H and O–H groups in total. The van der Waals surface area contributed by atoms with Crippen LogP contribution in [0.3, 0.4) is 0 Å². The summed E-state index contributed by atoms with van der Waals surface area (Å²) < 4.78 is 6.41. The van der Waals surface area contributed by atoms with Gasteiger partial charge in [-0.15, -0.1) is 0 Å². The number of carbonyl (C=O) groups excluding carboxylic acids is 4. The normalized spacial score (nSPS) is 26.8. The van der Waals surface area contributed by atoms with Crippen LogP contribution in [0.2, 0.25) is 0 Å². The molecule has 48 heavy (non-hydrogen) atoms. The minimum atomic E-state index is -1.08. The second-order valence-electron chi connectivity index (χ2n) is 13.0. The number of carbonyl (C=O) groups is 4. The van der Waals surface area contributed by atoms with Gasteiger partial charge in [0.15, 0.2) is 11.5 Å². The summed E-state index contributed by atoms with van der Waals surface area (Å²) in [7, 11) is 1.51. The Morgan fingerprint density at radius 1 is 0.938 bits per heavy atom. The van der Waals surface area contributed by atoms with Gasteiger partial charge in [0.05, 0.1) is 23.2 Å². The number of fused-ring (bicyclic) bond motifs is 1. The van der Waals surface area contributed by atoms with Crippen LogP contribution in [0.15, 0.2) is 58.7 Å². The zero-order chi connectivity index (χ0) is 35.3. The highest BCUT2D eigenvalue weighted by Crippen LogP contribution is 2.31. The monoisotopic (exact) mass is 724 g/mol. The maximum absolute atomic E-state index is 14.3. The Hall–Kier alpha value is -4.32. The van der Waals surface area contributed by atoms with Gasteiger partial charge in [0, 0.05) is 30.3 Å². The molecule has 0 saturated heterocycles. The molecule has 0 radical (unpaired) electrons. The smallest absolute Gasteiger partial charge is 0.308 e. The quantitative estimate of drug-likeness (QED) is 0.137. The Kier molecular flexibility index (Phi) is 12.0. The predicted octanol–water partition coefficient (Wildman–Crippen LogP) is 5.41.